The highest BCUT2D eigenvalue weighted by molar-refractivity contribution is 5.83. The van der Waals surface area contributed by atoms with E-state index in [9.17, 15) is 4.79 Å². The van der Waals surface area contributed by atoms with E-state index in [-0.39, 0.29) is 5.69 Å². The molecule has 2 aromatic rings. The Morgan fingerprint density at radius 1 is 1.46 bits per heavy atom. The molecule has 6 nitrogen and oxygen atoms in total. The lowest BCUT2D eigenvalue weighted by Crippen LogP contribution is -2.25. The van der Waals surface area contributed by atoms with E-state index < -0.39 is 0 Å². The van der Waals surface area contributed by atoms with Crippen LogP contribution < -0.4 is 11.0 Å². The van der Waals surface area contributed by atoms with Crippen LogP contribution in [0.1, 0.15) is 0 Å². The van der Waals surface area contributed by atoms with Crippen LogP contribution in [0.3, 0.4) is 0 Å². The summed E-state index contributed by atoms with van der Waals surface area (Å²) in [4.78, 5) is 22.1. The minimum Gasteiger partial charge on any atom is -0.366 e. The Hall–Kier alpha value is -1.85. The zero-order chi connectivity index (χ0) is 8.84. The summed E-state index contributed by atoms with van der Waals surface area (Å²) < 4.78 is 1.65. The predicted octanol–water partition coefficient (Wildman–Crippen LogP) is -0.455. The third kappa shape index (κ3) is 0.742. The van der Waals surface area contributed by atoms with Gasteiger partial charge in [-0.05, 0) is 0 Å². The van der Waals surface area contributed by atoms with Crippen molar-refractivity contribution in [3.63, 3.8) is 0 Å². The van der Waals surface area contributed by atoms with Crippen LogP contribution in [0.4, 0.5) is 5.82 Å². The molecule has 2 aromatic heterocycles. The molecule has 0 atom stereocenters. The summed E-state index contributed by atoms with van der Waals surface area (Å²) >= 11 is 0. The van der Waals surface area contributed by atoms with E-state index in [4.69, 9.17) is 0 Å². The van der Waals surface area contributed by atoms with Gasteiger partial charge < -0.3 is 5.32 Å². The molecule has 6 heteroatoms. The van der Waals surface area contributed by atoms with E-state index in [1.165, 1.54) is 6.33 Å². The lowest BCUT2D eigenvalue weighted by Gasteiger charge is -2.13. The van der Waals surface area contributed by atoms with Gasteiger partial charge in [-0.3, -0.25) is 9.55 Å². The molecule has 0 aliphatic carbocycles. The van der Waals surface area contributed by atoms with Crippen LogP contribution in [0.15, 0.2) is 11.1 Å². The summed E-state index contributed by atoms with van der Waals surface area (Å²) in [6.45, 7) is 1.40. The van der Waals surface area contributed by atoms with Crippen molar-refractivity contribution in [3.8, 4) is 0 Å². The number of aromatic nitrogens is 4. The molecule has 0 saturated carbocycles. The van der Waals surface area contributed by atoms with Crippen molar-refractivity contribution in [2.75, 3.05) is 11.9 Å². The number of anilines is 1. The second-order valence-corrected chi connectivity index (χ2v) is 2.93. The predicted molar refractivity (Wildman–Crippen MR) is 46.6 cm³/mol. The van der Waals surface area contributed by atoms with Crippen molar-refractivity contribution in [2.24, 2.45) is 0 Å². The van der Waals surface area contributed by atoms with Gasteiger partial charge in [0.05, 0.1) is 0 Å². The first-order chi connectivity index (χ1) is 6.36. The van der Waals surface area contributed by atoms with Crippen molar-refractivity contribution >= 4 is 17.0 Å². The van der Waals surface area contributed by atoms with Crippen LogP contribution in [-0.2, 0) is 6.54 Å². The van der Waals surface area contributed by atoms with Gasteiger partial charge in [-0.2, -0.15) is 0 Å². The van der Waals surface area contributed by atoms with Gasteiger partial charge >= 0.3 is 5.69 Å². The van der Waals surface area contributed by atoms with E-state index >= 15 is 0 Å². The molecule has 0 spiro atoms. The molecule has 13 heavy (non-hydrogen) atoms. The average Bonchev–Trinajstić information content (AvgIpc) is 2.47. The van der Waals surface area contributed by atoms with E-state index in [2.05, 4.69) is 20.3 Å². The molecule has 3 rings (SSSR count). The normalized spacial score (nSPS) is 14.5. The van der Waals surface area contributed by atoms with Gasteiger partial charge in [0.15, 0.2) is 11.5 Å². The molecule has 0 radical (unpaired) electrons. The number of hydrogen-bond acceptors (Lipinski definition) is 4. The number of hydrogen-bond donors (Lipinski definition) is 2. The fraction of sp³-hybridized carbons (Fsp3) is 0.286. The molecule has 1 aliphatic heterocycles. The quantitative estimate of drug-likeness (QED) is 0.571. The van der Waals surface area contributed by atoms with Crippen molar-refractivity contribution in [1.29, 1.82) is 0 Å². The smallest absolute Gasteiger partial charge is 0.327 e. The minimum absolute atomic E-state index is 0.113. The van der Waals surface area contributed by atoms with E-state index in [0.29, 0.717) is 12.2 Å². The second kappa shape index (κ2) is 2.09. The summed E-state index contributed by atoms with van der Waals surface area (Å²) in [6.07, 6.45) is 1.44. The molecular formula is C7H7N5O. The maximum Gasteiger partial charge on any atom is 0.327 e. The summed E-state index contributed by atoms with van der Waals surface area (Å²) in [7, 11) is 0. The molecule has 2 N–H and O–H groups in total. The fourth-order valence-corrected chi connectivity index (χ4v) is 1.63. The molecule has 0 amide bonds. The maximum absolute atomic E-state index is 11.4. The molecule has 0 saturated heterocycles. The first-order valence-corrected chi connectivity index (χ1v) is 4.03. The van der Waals surface area contributed by atoms with Gasteiger partial charge in [0.25, 0.3) is 0 Å². The highest BCUT2D eigenvalue weighted by Gasteiger charge is 2.16. The zero-order valence-electron chi connectivity index (χ0n) is 6.74. The van der Waals surface area contributed by atoms with E-state index in [1.807, 2.05) is 0 Å². The van der Waals surface area contributed by atoms with Crippen LogP contribution in [-0.4, -0.2) is 26.1 Å². The van der Waals surface area contributed by atoms with Gasteiger partial charge in [0, 0.05) is 13.1 Å². The minimum atomic E-state index is -0.113. The number of aromatic amines is 1. The lowest BCUT2D eigenvalue weighted by molar-refractivity contribution is 0.703. The Labute approximate surface area is 72.6 Å². The molecule has 3 heterocycles. The van der Waals surface area contributed by atoms with Crippen molar-refractivity contribution < 1.29 is 0 Å². The highest BCUT2D eigenvalue weighted by Crippen LogP contribution is 2.18. The van der Waals surface area contributed by atoms with Crippen LogP contribution >= 0.6 is 0 Å². The molecule has 1 aliphatic rings. The monoisotopic (exact) mass is 177 g/mol. The van der Waals surface area contributed by atoms with Crippen LogP contribution in [0.25, 0.3) is 11.2 Å². The van der Waals surface area contributed by atoms with Gasteiger partial charge in [-0.25, -0.2) is 14.8 Å². The number of rotatable bonds is 0. The Morgan fingerprint density at radius 3 is 3.31 bits per heavy atom. The summed E-state index contributed by atoms with van der Waals surface area (Å²) in [5, 5.41) is 3.11. The Bertz CT molecular complexity index is 525. The van der Waals surface area contributed by atoms with E-state index in [0.717, 1.165) is 17.9 Å². The molecular weight excluding hydrogens is 170 g/mol. The van der Waals surface area contributed by atoms with Crippen molar-refractivity contribution in [3.05, 3.63) is 16.8 Å². The lowest BCUT2D eigenvalue weighted by atomic mass is 10.4. The van der Waals surface area contributed by atoms with Gasteiger partial charge in [-0.15, -0.1) is 0 Å². The van der Waals surface area contributed by atoms with Crippen LogP contribution in [0.2, 0.25) is 0 Å². The topological polar surface area (TPSA) is 75.6 Å². The van der Waals surface area contributed by atoms with Crippen LogP contribution in [0.5, 0.6) is 0 Å². The average molecular weight is 177 g/mol. The number of H-pyrrole nitrogens is 1. The van der Waals surface area contributed by atoms with Gasteiger partial charge in [-0.1, -0.05) is 0 Å². The second-order valence-electron chi connectivity index (χ2n) is 2.93. The SMILES string of the molecule is O=c1[nH]c2ncnc3c2n1CCN3. The van der Waals surface area contributed by atoms with E-state index in [1.54, 1.807) is 4.57 Å². The number of nitrogens with zero attached hydrogens (tertiary/aromatic N) is 3. The molecule has 0 unspecified atom stereocenters. The first-order valence-electron chi connectivity index (χ1n) is 4.03. The Kier molecular flexibility index (Phi) is 1.07. The summed E-state index contributed by atoms with van der Waals surface area (Å²) in [5.74, 6) is 0.731. The fourth-order valence-electron chi connectivity index (χ4n) is 1.63. The van der Waals surface area contributed by atoms with Crippen molar-refractivity contribution in [2.45, 2.75) is 6.54 Å². The summed E-state index contributed by atoms with van der Waals surface area (Å²) in [6, 6.07) is 0. The first kappa shape index (κ1) is 6.64. The zero-order valence-corrected chi connectivity index (χ0v) is 6.74. The largest absolute Gasteiger partial charge is 0.366 e. The van der Waals surface area contributed by atoms with Crippen LogP contribution in [0, 0.1) is 0 Å². The third-order valence-electron chi connectivity index (χ3n) is 2.19. The molecule has 66 valence electrons. The Balaban J connectivity index is 2.58. The van der Waals surface area contributed by atoms with Gasteiger partial charge in [0.1, 0.15) is 11.8 Å². The maximum atomic E-state index is 11.4. The number of imidazole rings is 1. The highest BCUT2D eigenvalue weighted by atomic mass is 16.1. The molecule has 0 bridgehead atoms. The molecule has 0 fully saturated rings. The summed E-state index contributed by atoms with van der Waals surface area (Å²) in [5.41, 5.74) is 1.26. The van der Waals surface area contributed by atoms with Gasteiger partial charge in [0.2, 0.25) is 0 Å². The number of nitrogens with one attached hydrogen (secondary N) is 2. The standard InChI is InChI=1S/C7H7N5O/c13-7-11-6-4-5(9-3-10-6)8-1-2-12(4)7/h3H,1-2H2,(H2,8,9,10,11,13). The third-order valence-corrected chi connectivity index (χ3v) is 2.19. The molecule has 0 aromatic carbocycles. The van der Waals surface area contributed by atoms with Crippen molar-refractivity contribution in [1.82, 2.24) is 19.5 Å². The Morgan fingerprint density at radius 2 is 2.38 bits per heavy atom.